The quantitative estimate of drug-likeness (QED) is 0.836. The monoisotopic (exact) mass is 250 g/mol. The molecule has 0 radical (unpaired) electrons. The number of nitrogens with zero attached hydrogens (tertiary/aromatic N) is 1. The minimum atomic E-state index is 0.783. The van der Waals surface area contributed by atoms with Gasteiger partial charge in [0.2, 0.25) is 0 Å². The summed E-state index contributed by atoms with van der Waals surface area (Å²) in [5.41, 5.74) is 1.37. The van der Waals surface area contributed by atoms with Crippen molar-refractivity contribution < 1.29 is 0 Å². The fourth-order valence-electron chi connectivity index (χ4n) is 2.32. The maximum atomic E-state index is 4.89. The molecule has 0 saturated heterocycles. The van der Waals surface area contributed by atoms with Gasteiger partial charge in [-0.15, -0.1) is 11.3 Å². The Labute approximate surface area is 108 Å². The van der Waals surface area contributed by atoms with Crippen LogP contribution < -0.4 is 5.32 Å². The van der Waals surface area contributed by atoms with Crippen LogP contribution in [0.15, 0.2) is 0 Å². The van der Waals surface area contributed by atoms with Gasteiger partial charge in [-0.05, 0) is 31.6 Å². The van der Waals surface area contributed by atoms with Gasteiger partial charge in [0.25, 0.3) is 0 Å². The standard InChI is InChI=1S/C14H22N2S/c1-3-4-12-13(8-15-10-5-6-10)17-14(16-12)11-7-9(11)2/h9-11,15H,3-8H2,1-2H3. The summed E-state index contributed by atoms with van der Waals surface area (Å²) in [6, 6.07) is 0.801. The summed E-state index contributed by atoms with van der Waals surface area (Å²) < 4.78 is 0. The first kappa shape index (κ1) is 11.7. The second kappa shape index (κ2) is 4.69. The van der Waals surface area contributed by atoms with Gasteiger partial charge in [-0.1, -0.05) is 20.3 Å². The smallest absolute Gasteiger partial charge is 0.0965 e. The van der Waals surface area contributed by atoms with Crippen LogP contribution in [0.4, 0.5) is 0 Å². The maximum Gasteiger partial charge on any atom is 0.0965 e. The SMILES string of the molecule is CCCc1nc(C2CC2C)sc1CNC1CC1. The van der Waals surface area contributed by atoms with Gasteiger partial charge < -0.3 is 5.32 Å². The zero-order chi connectivity index (χ0) is 11.8. The zero-order valence-electron chi connectivity index (χ0n) is 10.8. The molecule has 3 rings (SSSR count). The van der Waals surface area contributed by atoms with Crippen LogP contribution in [0.1, 0.15) is 61.0 Å². The van der Waals surface area contributed by atoms with Crippen LogP contribution in [0, 0.1) is 5.92 Å². The van der Waals surface area contributed by atoms with Crippen molar-refractivity contribution in [3.63, 3.8) is 0 Å². The first-order valence-electron chi connectivity index (χ1n) is 6.99. The van der Waals surface area contributed by atoms with E-state index in [4.69, 9.17) is 4.98 Å². The van der Waals surface area contributed by atoms with Crippen LogP contribution in [0.3, 0.4) is 0 Å². The summed E-state index contributed by atoms with van der Waals surface area (Å²) in [5.74, 6) is 1.66. The third-order valence-electron chi connectivity index (χ3n) is 3.84. The van der Waals surface area contributed by atoms with E-state index in [1.807, 2.05) is 11.3 Å². The van der Waals surface area contributed by atoms with Crippen molar-refractivity contribution in [2.45, 2.75) is 64.5 Å². The highest BCUT2D eigenvalue weighted by atomic mass is 32.1. The van der Waals surface area contributed by atoms with Gasteiger partial charge in [0.05, 0.1) is 10.7 Å². The first-order valence-corrected chi connectivity index (χ1v) is 7.81. The lowest BCUT2D eigenvalue weighted by molar-refractivity contribution is 0.686. The third kappa shape index (κ3) is 2.71. The van der Waals surface area contributed by atoms with Crippen LogP contribution >= 0.6 is 11.3 Å². The van der Waals surface area contributed by atoms with Gasteiger partial charge in [0.15, 0.2) is 0 Å². The Morgan fingerprint density at radius 2 is 2.18 bits per heavy atom. The number of nitrogens with one attached hydrogen (secondary N) is 1. The predicted octanol–water partition coefficient (Wildman–Crippen LogP) is 3.47. The summed E-state index contributed by atoms with van der Waals surface area (Å²) in [7, 11) is 0. The fraction of sp³-hybridized carbons (Fsp3) is 0.786. The van der Waals surface area contributed by atoms with E-state index in [1.165, 1.54) is 41.3 Å². The van der Waals surface area contributed by atoms with Crippen LogP contribution in [0.25, 0.3) is 0 Å². The van der Waals surface area contributed by atoms with Crippen LogP contribution in [0.2, 0.25) is 0 Å². The number of aromatic nitrogens is 1. The highest BCUT2D eigenvalue weighted by molar-refractivity contribution is 7.11. The van der Waals surface area contributed by atoms with Crippen molar-refractivity contribution in [3.8, 4) is 0 Å². The normalized spacial score (nSPS) is 27.4. The molecule has 2 saturated carbocycles. The van der Waals surface area contributed by atoms with Crippen molar-refractivity contribution in [3.05, 3.63) is 15.6 Å². The molecule has 2 unspecified atom stereocenters. The molecule has 1 aromatic heterocycles. The Hall–Kier alpha value is -0.410. The van der Waals surface area contributed by atoms with E-state index in [0.717, 1.165) is 30.8 Å². The fourth-order valence-corrected chi connectivity index (χ4v) is 3.63. The molecule has 2 aliphatic carbocycles. The Kier molecular flexibility index (Phi) is 3.22. The van der Waals surface area contributed by atoms with Gasteiger partial charge in [0.1, 0.15) is 0 Å². The largest absolute Gasteiger partial charge is 0.309 e. The third-order valence-corrected chi connectivity index (χ3v) is 5.07. The summed E-state index contributed by atoms with van der Waals surface area (Å²) in [5, 5.41) is 5.04. The molecule has 2 nitrogen and oxygen atoms in total. The summed E-state index contributed by atoms with van der Waals surface area (Å²) in [4.78, 5) is 6.40. The van der Waals surface area contributed by atoms with Crippen LogP contribution in [-0.2, 0) is 13.0 Å². The average Bonchev–Trinajstić information content (AvgIpc) is 3.21. The number of hydrogen-bond acceptors (Lipinski definition) is 3. The second-order valence-electron chi connectivity index (χ2n) is 5.65. The Morgan fingerprint density at radius 1 is 1.41 bits per heavy atom. The van der Waals surface area contributed by atoms with Crippen LogP contribution in [-0.4, -0.2) is 11.0 Å². The van der Waals surface area contributed by atoms with Gasteiger partial charge >= 0.3 is 0 Å². The van der Waals surface area contributed by atoms with Crippen LogP contribution in [0.5, 0.6) is 0 Å². The first-order chi connectivity index (χ1) is 8.28. The highest BCUT2D eigenvalue weighted by Crippen LogP contribution is 2.48. The van der Waals surface area contributed by atoms with Gasteiger partial charge in [-0.3, -0.25) is 0 Å². The highest BCUT2D eigenvalue weighted by Gasteiger charge is 2.37. The average molecular weight is 250 g/mol. The van der Waals surface area contributed by atoms with Crippen molar-refractivity contribution in [1.29, 1.82) is 0 Å². The molecular formula is C14H22N2S. The molecule has 1 aromatic rings. The van der Waals surface area contributed by atoms with E-state index in [9.17, 15) is 0 Å². The van der Waals surface area contributed by atoms with E-state index >= 15 is 0 Å². The van der Waals surface area contributed by atoms with E-state index in [1.54, 1.807) is 0 Å². The number of aryl methyl sites for hydroxylation is 1. The number of rotatable bonds is 6. The summed E-state index contributed by atoms with van der Waals surface area (Å²) >= 11 is 1.97. The molecule has 0 amide bonds. The van der Waals surface area contributed by atoms with Gasteiger partial charge in [-0.2, -0.15) is 0 Å². The molecule has 2 aliphatic rings. The lowest BCUT2D eigenvalue weighted by Crippen LogP contribution is -2.15. The molecule has 2 atom stereocenters. The van der Waals surface area contributed by atoms with Gasteiger partial charge in [-0.25, -0.2) is 4.98 Å². The lowest BCUT2D eigenvalue weighted by atomic mass is 10.2. The predicted molar refractivity (Wildman–Crippen MR) is 72.5 cm³/mol. The zero-order valence-corrected chi connectivity index (χ0v) is 11.6. The maximum absolute atomic E-state index is 4.89. The molecule has 3 heteroatoms. The molecule has 94 valence electrons. The summed E-state index contributed by atoms with van der Waals surface area (Å²) in [6.07, 6.45) is 6.45. The molecule has 17 heavy (non-hydrogen) atoms. The minimum Gasteiger partial charge on any atom is -0.309 e. The summed E-state index contributed by atoms with van der Waals surface area (Å²) in [6.45, 7) is 5.64. The van der Waals surface area contributed by atoms with Crippen molar-refractivity contribution in [2.75, 3.05) is 0 Å². The topological polar surface area (TPSA) is 24.9 Å². The Morgan fingerprint density at radius 3 is 2.76 bits per heavy atom. The minimum absolute atomic E-state index is 0.783. The van der Waals surface area contributed by atoms with Crippen molar-refractivity contribution in [1.82, 2.24) is 10.3 Å². The molecule has 1 N–H and O–H groups in total. The molecule has 0 spiro atoms. The Balaban J connectivity index is 1.70. The van der Waals surface area contributed by atoms with Gasteiger partial charge in [0, 0.05) is 23.4 Å². The van der Waals surface area contributed by atoms with E-state index < -0.39 is 0 Å². The van der Waals surface area contributed by atoms with E-state index in [2.05, 4.69) is 19.2 Å². The second-order valence-corrected chi connectivity index (χ2v) is 6.76. The number of hydrogen-bond donors (Lipinski definition) is 1. The molecule has 0 bridgehead atoms. The molecule has 0 aliphatic heterocycles. The molecule has 1 heterocycles. The molecular weight excluding hydrogens is 228 g/mol. The van der Waals surface area contributed by atoms with Crippen molar-refractivity contribution >= 4 is 11.3 Å². The molecule has 2 fully saturated rings. The Bertz CT molecular complexity index is 395. The number of thiazole rings is 1. The van der Waals surface area contributed by atoms with E-state index in [-0.39, 0.29) is 0 Å². The lowest BCUT2D eigenvalue weighted by Gasteiger charge is -2.01. The van der Waals surface area contributed by atoms with E-state index in [0.29, 0.717) is 0 Å². The van der Waals surface area contributed by atoms with Crippen molar-refractivity contribution in [2.24, 2.45) is 5.92 Å². The molecule has 0 aromatic carbocycles.